The van der Waals surface area contributed by atoms with E-state index in [-0.39, 0.29) is 12.4 Å². The molecular formula is C9H14O2S. The standard InChI is InChI=1S/C9H14O2S/c1-7(11-8(2)10-3)9-5-4-6-12-9/h4-8H,1-3H3. The molecule has 0 spiro atoms. The third-order valence-corrected chi connectivity index (χ3v) is 2.70. The van der Waals surface area contributed by atoms with Crippen LogP contribution in [0.4, 0.5) is 0 Å². The van der Waals surface area contributed by atoms with Crippen molar-refractivity contribution in [2.24, 2.45) is 0 Å². The summed E-state index contributed by atoms with van der Waals surface area (Å²) >= 11 is 1.70. The molecule has 0 amide bonds. The molecule has 0 saturated carbocycles. The van der Waals surface area contributed by atoms with Gasteiger partial charge in [0.25, 0.3) is 0 Å². The van der Waals surface area contributed by atoms with Crippen LogP contribution in [0.15, 0.2) is 17.5 Å². The van der Waals surface area contributed by atoms with Crippen LogP contribution in [0.5, 0.6) is 0 Å². The van der Waals surface area contributed by atoms with Gasteiger partial charge in [0.05, 0.1) is 6.10 Å². The van der Waals surface area contributed by atoms with Crippen LogP contribution in [-0.2, 0) is 9.47 Å². The summed E-state index contributed by atoms with van der Waals surface area (Å²) in [5, 5.41) is 2.05. The van der Waals surface area contributed by atoms with E-state index in [4.69, 9.17) is 9.47 Å². The van der Waals surface area contributed by atoms with E-state index in [1.54, 1.807) is 18.4 Å². The van der Waals surface area contributed by atoms with Gasteiger partial charge in [-0.3, -0.25) is 0 Å². The molecule has 0 N–H and O–H groups in total. The number of thiophene rings is 1. The summed E-state index contributed by atoms with van der Waals surface area (Å²) in [4.78, 5) is 1.24. The summed E-state index contributed by atoms with van der Waals surface area (Å²) in [6.45, 7) is 3.92. The molecule has 2 atom stereocenters. The van der Waals surface area contributed by atoms with Crippen molar-refractivity contribution < 1.29 is 9.47 Å². The Morgan fingerprint density at radius 3 is 2.67 bits per heavy atom. The average Bonchev–Trinajstić information content (AvgIpc) is 2.56. The summed E-state index contributed by atoms with van der Waals surface area (Å²) in [5.74, 6) is 0. The van der Waals surface area contributed by atoms with Crippen LogP contribution in [-0.4, -0.2) is 13.4 Å². The van der Waals surface area contributed by atoms with Crippen molar-refractivity contribution in [1.29, 1.82) is 0 Å². The summed E-state index contributed by atoms with van der Waals surface area (Å²) in [6, 6.07) is 4.09. The first kappa shape index (κ1) is 9.71. The van der Waals surface area contributed by atoms with Crippen molar-refractivity contribution >= 4 is 11.3 Å². The first-order valence-electron chi connectivity index (χ1n) is 3.95. The van der Waals surface area contributed by atoms with E-state index in [1.807, 2.05) is 25.3 Å². The van der Waals surface area contributed by atoms with E-state index in [2.05, 4.69) is 6.07 Å². The van der Waals surface area contributed by atoms with Crippen molar-refractivity contribution in [3.05, 3.63) is 22.4 Å². The Morgan fingerprint density at radius 1 is 1.42 bits per heavy atom. The number of ether oxygens (including phenoxy) is 2. The van der Waals surface area contributed by atoms with Gasteiger partial charge >= 0.3 is 0 Å². The molecule has 0 aliphatic rings. The van der Waals surface area contributed by atoms with Gasteiger partial charge in [0.15, 0.2) is 6.29 Å². The first-order valence-corrected chi connectivity index (χ1v) is 4.83. The molecule has 12 heavy (non-hydrogen) atoms. The van der Waals surface area contributed by atoms with Gasteiger partial charge < -0.3 is 9.47 Å². The molecule has 68 valence electrons. The second-order valence-electron chi connectivity index (χ2n) is 2.60. The first-order chi connectivity index (χ1) is 5.74. The van der Waals surface area contributed by atoms with E-state index < -0.39 is 0 Å². The lowest BCUT2D eigenvalue weighted by Gasteiger charge is -2.16. The Hall–Kier alpha value is -0.380. The van der Waals surface area contributed by atoms with E-state index in [1.165, 1.54) is 4.88 Å². The monoisotopic (exact) mass is 186 g/mol. The zero-order valence-corrected chi connectivity index (χ0v) is 8.43. The van der Waals surface area contributed by atoms with Gasteiger partial charge in [0.1, 0.15) is 0 Å². The smallest absolute Gasteiger partial charge is 0.155 e. The highest BCUT2D eigenvalue weighted by molar-refractivity contribution is 7.10. The Kier molecular flexibility index (Phi) is 3.72. The molecule has 0 bridgehead atoms. The van der Waals surface area contributed by atoms with Crippen LogP contribution in [0.1, 0.15) is 24.8 Å². The van der Waals surface area contributed by atoms with Gasteiger partial charge in [-0.05, 0) is 25.3 Å². The summed E-state index contributed by atoms with van der Waals surface area (Å²) in [7, 11) is 1.64. The molecule has 1 aromatic rings. The largest absolute Gasteiger partial charge is 0.356 e. The fourth-order valence-electron chi connectivity index (χ4n) is 0.933. The van der Waals surface area contributed by atoms with Gasteiger partial charge in [-0.15, -0.1) is 11.3 Å². The normalized spacial score (nSPS) is 15.9. The maximum atomic E-state index is 5.53. The fraction of sp³-hybridized carbons (Fsp3) is 0.556. The molecule has 2 nitrogen and oxygen atoms in total. The molecule has 0 aromatic carbocycles. The van der Waals surface area contributed by atoms with Crippen molar-refractivity contribution in [1.82, 2.24) is 0 Å². The number of hydrogen-bond donors (Lipinski definition) is 0. The van der Waals surface area contributed by atoms with Gasteiger partial charge in [0.2, 0.25) is 0 Å². The second kappa shape index (κ2) is 4.60. The maximum absolute atomic E-state index is 5.53. The maximum Gasteiger partial charge on any atom is 0.155 e. The molecule has 3 heteroatoms. The summed E-state index contributed by atoms with van der Waals surface area (Å²) in [6.07, 6.45) is -0.0120. The Bertz CT molecular complexity index is 208. The van der Waals surface area contributed by atoms with Crippen molar-refractivity contribution in [2.75, 3.05) is 7.11 Å². The molecule has 0 aliphatic carbocycles. The molecule has 1 rings (SSSR count). The second-order valence-corrected chi connectivity index (χ2v) is 3.58. The average molecular weight is 186 g/mol. The van der Waals surface area contributed by atoms with E-state index in [9.17, 15) is 0 Å². The quantitative estimate of drug-likeness (QED) is 0.673. The van der Waals surface area contributed by atoms with Crippen LogP contribution in [0, 0.1) is 0 Å². The lowest BCUT2D eigenvalue weighted by molar-refractivity contribution is -0.140. The molecule has 0 radical (unpaired) electrons. The number of methoxy groups -OCH3 is 1. The predicted octanol–water partition coefficient (Wildman–Crippen LogP) is 2.82. The molecule has 1 aromatic heterocycles. The fourth-order valence-corrected chi connectivity index (χ4v) is 1.65. The minimum absolute atomic E-state index is 0.125. The van der Waals surface area contributed by atoms with Crippen LogP contribution < -0.4 is 0 Å². The molecule has 0 fully saturated rings. The number of hydrogen-bond acceptors (Lipinski definition) is 3. The minimum atomic E-state index is -0.137. The highest BCUT2D eigenvalue weighted by atomic mass is 32.1. The molecule has 1 heterocycles. The van der Waals surface area contributed by atoms with Crippen molar-refractivity contribution in [3.8, 4) is 0 Å². The Balaban J connectivity index is 2.44. The van der Waals surface area contributed by atoms with Gasteiger partial charge in [-0.2, -0.15) is 0 Å². The highest BCUT2D eigenvalue weighted by Crippen LogP contribution is 2.22. The van der Waals surface area contributed by atoms with Crippen LogP contribution in [0.3, 0.4) is 0 Å². The predicted molar refractivity (Wildman–Crippen MR) is 50.3 cm³/mol. The lowest BCUT2D eigenvalue weighted by atomic mass is 10.3. The van der Waals surface area contributed by atoms with Crippen LogP contribution >= 0.6 is 11.3 Å². The van der Waals surface area contributed by atoms with E-state index in [0.717, 1.165) is 0 Å². The zero-order valence-electron chi connectivity index (χ0n) is 7.61. The summed E-state index contributed by atoms with van der Waals surface area (Å²) < 4.78 is 10.5. The molecule has 2 unspecified atom stereocenters. The highest BCUT2D eigenvalue weighted by Gasteiger charge is 2.09. The van der Waals surface area contributed by atoms with Crippen molar-refractivity contribution in [2.45, 2.75) is 26.2 Å². The number of rotatable bonds is 4. The lowest BCUT2D eigenvalue weighted by Crippen LogP contribution is -2.12. The Morgan fingerprint density at radius 2 is 2.17 bits per heavy atom. The van der Waals surface area contributed by atoms with Gasteiger partial charge in [-0.25, -0.2) is 0 Å². The van der Waals surface area contributed by atoms with E-state index in [0.29, 0.717) is 0 Å². The summed E-state index contributed by atoms with van der Waals surface area (Å²) in [5.41, 5.74) is 0. The van der Waals surface area contributed by atoms with Gasteiger partial charge in [0, 0.05) is 12.0 Å². The third kappa shape index (κ3) is 2.59. The van der Waals surface area contributed by atoms with Gasteiger partial charge in [-0.1, -0.05) is 6.07 Å². The zero-order chi connectivity index (χ0) is 8.97. The molecular weight excluding hydrogens is 172 g/mol. The Labute approximate surface area is 77.1 Å². The molecule has 0 saturated heterocycles. The van der Waals surface area contributed by atoms with Crippen LogP contribution in [0.2, 0.25) is 0 Å². The SMILES string of the molecule is COC(C)OC(C)c1cccs1. The molecule has 0 aliphatic heterocycles. The topological polar surface area (TPSA) is 18.5 Å². The third-order valence-electron chi connectivity index (χ3n) is 1.67. The minimum Gasteiger partial charge on any atom is -0.356 e. The van der Waals surface area contributed by atoms with Crippen LogP contribution in [0.25, 0.3) is 0 Å². The van der Waals surface area contributed by atoms with E-state index >= 15 is 0 Å². The van der Waals surface area contributed by atoms with Crippen molar-refractivity contribution in [3.63, 3.8) is 0 Å².